The Bertz CT molecular complexity index is 193. The summed E-state index contributed by atoms with van der Waals surface area (Å²) in [4.78, 5) is 11.6. The van der Waals surface area contributed by atoms with E-state index in [0.29, 0.717) is 6.61 Å². The molecule has 1 atom stereocenters. The standard InChI is InChI=1S/C11H20O3.C2H6/c1-4-11(2,3)10(12)14-8-9-6-5-7-13-9;1-2/h9H,4-8H2,1-3H3;1-2H3. The summed E-state index contributed by atoms with van der Waals surface area (Å²) in [7, 11) is 0. The van der Waals surface area contributed by atoms with Gasteiger partial charge in [0.2, 0.25) is 0 Å². The molecule has 0 aromatic heterocycles. The highest BCUT2D eigenvalue weighted by Gasteiger charge is 2.28. The van der Waals surface area contributed by atoms with Gasteiger partial charge in [0.25, 0.3) is 0 Å². The summed E-state index contributed by atoms with van der Waals surface area (Å²) in [5, 5.41) is 0. The van der Waals surface area contributed by atoms with E-state index in [9.17, 15) is 4.79 Å². The van der Waals surface area contributed by atoms with Gasteiger partial charge in [0.15, 0.2) is 0 Å². The van der Waals surface area contributed by atoms with Gasteiger partial charge in [-0.1, -0.05) is 20.8 Å². The van der Waals surface area contributed by atoms with E-state index in [1.165, 1.54) is 0 Å². The van der Waals surface area contributed by atoms with Crippen LogP contribution in [0.15, 0.2) is 0 Å². The van der Waals surface area contributed by atoms with E-state index in [4.69, 9.17) is 9.47 Å². The summed E-state index contributed by atoms with van der Waals surface area (Å²) in [6.07, 6.45) is 3.03. The van der Waals surface area contributed by atoms with Crippen molar-refractivity contribution >= 4 is 5.97 Å². The molecule has 0 saturated carbocycles. The van der Waals surface area contributed by atoms with Gasteiger partial charge in [-0.05, 0) is 33.1 Å². The van der Waals surface area contributed by atoms with Gasteiger partial charge in [0.1, 0.15) is 6.61 Å². The van der Waals surface area contributed by atoms with Crippen molar-refractivity contribution in [1.82, 2.24) is 0 Å². The quantitative estimate of drug-likeness (QED) is 0.696. The van der Waals surface area contributed by atoms with E-state index in [-0.39, 0.29) is 17.5 Å². The van der Waals surface area contributed by atoms with Crippen molar-refractivity contribution in [2.75, 3.05) is 13.2 Å². The maximum Gasteiger partial charge on any atom is 0.311 e. The SMILES string of the molecule is CC.CCC(C)(C)C(=O)OCC1CCCO1. The first kappa shape index (κ1) is 15.4. The third-order valence-electron chi connectivity index (χ3n) is 2.86. The number of hydrogen-bond acceptors (Lipinski definition) is 3. The van der Waals surface area contributed by atoms with Gasteiger partial charge in [-0.2, -0.15) is 0 Å². The fourth-order valence-electron chi connectivity index (χ4n) is 1.28. The third kappa shape index (κ3) is 4.97. The molecule has 0 amide bonds. The molecule has 0 aromatic carbocycles. The van der Waals surface area contributed by atoms with Gasteiger partial charge in [0.05, 0.1) is 11.5 Å². The minimum absolute atomic E-state index is 0.115. The van der Waals surface area contributed by atoms with Crippen LogP contribution in [0.5, 0.6) is 0 Å². The van der Waals surface area contributed by atoms with Crippen LogP contribution in [0.1, 0.15) is 53.9 Å². The normalized spacial score (nSPS) is 19.9. The average Bonchev–Trinajstić information content (AvgIpc) is 2.81. The van der Waals surface area contributed by atoms with Crippen LogP contribution in [0.25, 0.3) is 0 Å². The predicted molar refractivity (Wildman–Crippen MR) is 65.4 cm³/mol. The zero-order valence-corrected chi connectivity index (χ0v) is 11.3. The molecule has 0 radical (unpaired) electrons. The van der Waals surface area contributed by atoms with Crippen molar-refractivity contribution in [3.05, 3.63) is 0 Å². The van der Waals surface area contributed by atoms with E-state index in [1.54, 1.807) is 0 Å². The van der Waals surface area contributed by atoms with E-state index >= 15 is 0 Å². The number of carbonyl (C=O) groups excluding carboxylic acids is 1. The maximum absolute atomic E-state index is 11.6. The smallest absolute Gasteiger partial charge is 0.311 e. The summed E-state index contributed by atoms with van der Waals surface area (Å²) in [6.45, 7) is 11.0. The van der Waals surface area contributed by atoms with Crippen LogP contribution in [0.3, 0.4) is 0 Å². The molecule has 1 aliphatic heterocycles. The Kier molecular flexibility index (Phi) is 7.39. The minimum atomic E-state index is -0.362. The second kappa shape index (κ2) is 7.66. The Morgan fingerprint density at radius 2 is 2.06 bits per heavy atom. The molecule has 0 bridgehead atoms. The van der Waals surface area contributed by atoms with Gasteiger partial charge >= 0.3 is 5.97 Å². The lowest BCUT2D eigenvalue weighted by Crippen LogP contribution is -2.28. The molecular weight excluding hydrogens is 204 g/mol. The minimum Gasteiger partial charge on any atom is -0.463 e. The van der Waals surface area contributed by atoms with E-state index in [2.05, 4.69) is 0 Å². The number of esters is 1. The van der Waals surface area contributed by atoms with Crippen LogP contribution >= 0.6 is 0 Å². The van der Waals surface area contributed by atoms with E-state index < -0.39 is 0 Å². The molecule has 16 heavy (non-hydrogen) atoms. The molecular formula is C13H26O3. The number of hydrogen-bond donors (Lipinski definition) is 0. The fraction of sp³-hybridized carbons (Fsp3) is 0.923. The zero-order chi connectivity index (χ0) is 12.6. The molecule has 96 valence electrons. The molecule has 0 aliphatic carbocycles. The number of rotatable bonds is 4. The van der Waals surface area contributed by atoms with Crippen LogP contribution in [0.2, 0.25) is 0 Å². The number of ether oxygens (including phenoxy) is 2. The van der Waals surface area contributed by atoms with Crippen LogP contribution in [-0.2, 0) is 14.3 Å². The molecule has 1 heterocycles. The first-order valence-corrected chi connectivity index (χ1v) is 6.35. The molecule has 1 saturated heterocycles. The summed E-state index contributed by atoms with van der Waals surface area (Å²) in [6, 6.07) is 0. The highest BCUT2D eigenvalue weighted by molar-refractivity contribution is 5.75. The topological polar surface area (TPSA) is 35.5 Å². The van der Waals surface area contributed by atoms with Crippen LogP contribution in [-0.4, -0.2) is 25.3 Å². The van der Waals surface area contributed by atoms with E-state index in [0.717, 1.165) is 25.9 Å². The second-order valence-corrected chi connectivity index (χ2v) is 4.47. The average molecular weight is 230 g/mol. The van der Waals surface area contributed by atoms with Crippen LogP contribution < -0.4 is 0 Å². The van der Waals surface area contributed by atoms with Crippen molar-refractivity contribution in [2.24, 2.45) is 5.41 Å². The van der Waals surface area contributed by atoms with Gasteiger partial charge < -0.3 is 9.47 Å². The van der Waals surface area contributed by atoms with Crippen molar-refractivity contribution < 1.29 is 14.3 Å². The van der Waals surface area contributed by atoms with E-state index in [1.807, 2.05) is 34.6 Å². The van der Waals surface area contributed by atoms with Gasteiger partial charge in [-0.25, -0.2) is 0 Å². The fourth-order valence-corrected chi connectivity index (χ4v) is 1.28. The zero-order valence-electron chi connectivity index (χ0n) is 11.3. The Morgan fingerprint density at radius 3 is 2.50 bits per heavy atom. The molecule has 1 aliphatic rings. The Labute approximate surface area is 99.5 Å². The first-order chi connectivity index (χ1) is 7.56. The van der Waals surface area contributed by atoms with Crippen molar-refractivity contribution in [3.63, 3.8) is 0 Å². The maximum atomic E-state index is 11.6. The highest BCUT2D eigenvalue weighted by atomic mass is 16.6. The largest absolute Gasteiger partial charge is 0.463 e. The molecule has 3 nitrogen and oxygen atoms in total. The Hall–Kier alpha value is -0.570. The monoisotopic (exact) mass is 230 g/mol. The van der Waals surface area contributed by atoms with Gasteiger partial charge in [-0.3, -0.25) is 4.79 Å². The van der Waals surface area contributed by atoms with Crippen molar-refractivity contribution in [1.29, 1.82) is 0 Å². The predicted octanol–water partition coefficient (Wildman–Crippen LogP) is 3.17. The molecule has 3 heteroatoms. The third-order valence-corrected chi connectivity index (χ3v) is 2.86. The summed E-state index contributed by atoms with van der Waals surface area (Å²) in [5.41, 5.74) is -0.362. The van der Waals surface area contributed by atoms with Crippen LogP contribution in [0, 0.1) is 5.41 Å². The molecule has 0 N–H and O–H groups in total. The van der Waals surface area contributed by atoms with Gasteiger partial charge in [-0.15, -0.1) is 0 Å². The Morgan fingerprint density at radius 1 is 1.44 bits per heavy atom. The summed E-state index contributed by atoms with van der Waals surface area (Å²) in [5.74, 6) is -0.115. The molecule has 0 aromatic rings. The molecule has 0 spiro atoms. The lowest BCUT2D eigenvalue weighted by atomic mass is 9.91. The lowest BCUT2D eigenvalue weighted by molar-refractivity contribution is -0.157. The second-order valence-electron chi connectivity index (χ2n) is 4.47. The molecule has 1 unspecified atom stereocenters. The Balaban J connectivity index is 0.00000106. The molecule has 1 fully saturated rings. The lowest BCUT2D eigenvalue weighted by Gasteiger charge is -2.21. The number of carbonyl (C=O) groups is 1. The summed E-state index contributed by atoms with van der Waals surface area (Å²) >= 11 is 0. The summed E-state index contributed by atoms with van der Waals surface area (Å²) < 4.78 is 10.6. The molecule has 1 rings (SSSR count). The van der Waals surface area contributed by atoms with Gasteiger partial charge in [0, 0.05) is 6.61 Å². The highest BCUT2D eigenvalue weighted by Crippen LogP contribution is 2.22. The van der Waals surface area contributed by atoms with Crippen molar-refractivity contribution in [3.8, 4) is 0 Å². The van der Waals surface area contributed by atoms with Crippen LogP contribution in [0.4, 0.5) is 0 Å². The first-order valence-electron chi connectivity index (χ1n) is 6.35. The van der Waals surface area contributed by atoms with Crippen molar-refractivity contribution in [2.45, 2.75) is 60.0 Å².